The second-order valence-electron chi connectivity index (χ2n) is 4.87. The van der Waals surface area contributed by atoms with Gasteiger partial charge >= 0.3 is 0 Å². The molecule has 4 heteroatoms. The van der Waals surface area contributed by atoms with Crippen LogP contribution in [0.4, 0.5) is 5.69 Å². The van der Waals surface area contributed by atoms with Crippen LogP contribution < -0.4 is 5.73 Å². The summed E-state index contributed by atoms with van der Waals surface area (Å²) in [5.41, 5.74) is 7.23. The quantitative estimate of drug-likeness (QED) is 0.725. The molecule has 0 aliphatic rings. The Morgan fingerprint density at radius 1 is 1.39 bits per heavy atom. The van der Waals surface area contributed by atoms with Gasteiger partial charge in [0.2, 0.25) is 0 Å². The first-order chi connectivity index (χ1) is 8.49. The fourth-order valence-corrected chi connectivity index (χ4v) is 1.70. The van der Waals surface area contributed by atoms with Crippen molar-refractivity contribution in [1.82, 2.24) is 4.90 Å². The molecule has 0 spiro atoms. The van der Waals surface area contributed by atoms with E-state index in [0.29, 0.717) is 18.8 Å². The molecule has 1 unspecified atom stereocenters. The molecule has 1 aromatic rings. The molecule has 3 N–H and O–H groups in total. The Bertz CT molecular complexity index is 355. The van der Waals surface area contributed by atoms with Crippen molar-refractivity contribution in [2.45, 2.75) is 26.1 Å². The maximum Gasteiger partial charge on any atom is 0.0917 e. The number of hydrogen-bond donors (Lipinski definition) is 2. The zero-order chi connectivity index (χ0) is 13.5. The third-order valence-corrected chi connectivity index (χ3v) is 2.70. The van der Waals surface area contributed by atoms with Crippen molar-refractivity contribution in [2.75, 3.05) is 32.5 Å². The summed E-state index contributed by atoms with van der Waals surface area (Å²) in [6.07, 6.45) is -0.269. The molecule has 0 saturated heterocycles. The molecule has 0 aliphatic carbocycles. The van der Waals surface area contributed by atoms with Crippen molar-refractivity contribution >= 4 is 5.69 Å². The molecule has 4 nitrogen and oxygen atoms in total. The van der Waals surface area contributed by atoms with Crippen LogP contribution in [0.5, 0.6) is 0 Å². The first-order valence-corrected chi connectivity index (χ1v) is 6.32. The Labute approximate surface area is 109 Å². The number of rotatable bonds is 7. The Hall–Kier alpha value is -1.10. The minimum Gasteiger partial charge on any atom is -0.399 e. The topological polar surface area (TPSA) is 58.7 Å². The van der Waals surface area contributed by atoms with Crippen LogP contribution in [-0.4, -0.2) is 42.9 Å². The van der Waals surface area contributed by atoms with E-state index in [1.807, 2.05) is 45.2 Å². The standard InChI is InChI=1S/C14H24N2O2/c1-11(2)18-8-7-16(3)10-14(17)12-5-4-6-13(15)9-12/h4-6,9,11,14,17H,7-8,10,15H2,1-3H3. The fraction of sp³-hybridized carbons (Fsp3) is 0.571. The molecule has 0 amide bonds. The van der Waals surface area contributed by atoms with E-state index in [0.717, 1.165) is 12.1 Å². The molecule has 1 atom stereocenters. The molecule has 18 heavy (non-hydrogen) atoms. The number of hydrogen-bond acceptors (Lipinski definition) is 4. The highest BCUT2D eigenvalue weighted by Crippen LogP contribution is 2.16. The lowest BCUT2D eigenvalue weighted by Gasteiger charge is -2.21. The van der Waals surface area contributed by atoms with Gasteiger partial charge in [-0.15, -0.1) is 0 Å². The predicted molar refractivity (Wildman–Crippen MR) is 74.4 cm³/mol. The normalized spacial score (nSPS) is 13.2. The molecule has 0 aliphatic heterocycles. The van der Waals surface area contributed by atoms with Crippen LogP contribution in [0.3, 0.4) is 0 Å². The van der Waals surface area contributed by atoms with Crippen LogP contribution >= 0.6 is 0 Å². The Morgan fingerprint density at radius 3 is 2.72 bits per heavy atom. The summed E-state index contributed by atoms with van der Waals surface area (Å²) in [6, 6.07) is 7.37. The average molecular weight is 252 g/mol. The van der Waals surface area contributed by atoms with E-state index < -0.39 is 6.10 Å². The summed E-state index contributed by atoms with van der Waals surface area (Å²) >= 11 is 0. The highest BCUT2D eigenvalue weighted by molar-refractivity contribution is 5.41. The second-order valence-corrected chi connectivity index (χ2v) is 4.87. The van der Waals surface area contributed by atoms with Crippen molar-refractivity contribution in [2.24, 2.45) is 0 Å². The van der Waals surface area contributed by atoms with E-state index in [1.165, 1.54) is 0 Å². The number of ether oxygens (including phenoxy) is 1. The van der Waals surface area contributed by atoms with Crippen molar-refractivity contribution in [3.05, 3.63) is 29.8 Å². The molecule has 1 rings (SSSR count). The van der Waals surface area contributed by atoms with Gasteiger partial charge in [-0.05, 0) is 38.6 Å². The van der Waals surface area contributed by atoms with Crippen LogP contribution in [0.2, 0.25) is 0 Å². The lowest BCUT2D eigenvalue weighted by Crippen LogP contribution is -2.28. The molecular weight excluding hydrogens is 228 g/mol. The van der Waals surface area contributed by atoms with Gasteiger partial charge in [0, 0.05) is 18.8 Å². The van der Waals surface area contributed by atoms with E-state index in [-0.39, 0.29) is 6.10 Å². The molecule has 0 radical (unpaired) electrons. The largest absolute Gasteiger partial charge is 0.399 e. The molecule has 0 bridgehead atoms. The minimum absolute atomic E-state index is 0.247. The highest BCUT2D eigenvalue weighted by Gasteiger charge is 2.10. The van der Waals surface area contributed by atoms with Crippen molar-refractivity contribution in [3.8, 4) is 0 Å². The number of nitrogen functional groups attached to an aromatic ring is 1. The summed E-state index contributed by atoms with van der Waals surface area (Å²) in [7, 11) is 1.97. The van der Waals surface area contributed by atoms with Crippen LogP contribution in [0, 0.1) is 0 Å². The first-order valence-electron chi connectivity index (χ1n) is 6.32. The third kappa shape index (κ3) is 5.49. The number of aliphatic hydroxyl groups is 1. The maximum absolute atomic E-state index is 10.1. The van der Waals surface area contributed by atoms with Gasteiger partial charge in [0.15, 0.2) is 0 Å². The lowest BCUT2D eigenvalue weighted by molar-refractivity contribution is 0.0519. The zero-order valence-corrected chi connectivity index (χ0v) is 11.5. The summed E-state index contributed by atoms with van der Waals surface area (Å²) in [5, 5.41) is 10.1. The predicted octanol–water partition coefficient (Wildman–Crippen LogP) is 1.66. The first kappa shape index (κ1) is 15.0. The van der Waals surface area contributed by atoms with Gasteiger partial charge in [-0.1, -0.05) is 12.1 Å². The number of likely N-dealkylation sites (N-methyl/N-ethyl adjacent to an activating group) is 1. The average Bonchev–Trinajstić information content (AvgIpc) is 2.28. The van der Waals surface area contributed by atoms with E-state index in [1.54, 1.807) is 0 Å². The smallest absolute Gasteiger partial charge is 0.0917 e. The summed E-state index contributed by atoms with van der Waals surface area (Å²) < 4.78 is 5.48. The number of anilines is 1. The molecule has 102 valence electrons. The third-order valence-electron chi connectivity index (χ3n) is 2.70. The molecule has 0 saturated carbocycles. The van der Waals surface area contributed by atoms with Crippen LogP contribution in [-0.2, 0) is 4.74 Å². The fourth-order valence-electron chi connectivity index (χ4n) is 1.70. The number of benzene rings is 1. The number of aliphatic hydroxyl groups excluding tert-OH is 1. The van der Waals surface area contributed by atoms with Gasteiger partial charge in [-0.2, -0.15) is 0 Å². The lowest BCUT2D eigenvalue weighted by atomic mass is 10.1. The SMILES string of the molecule is CC(C)OCCN(C)CC(O)c1cccc(N)c1. The van der Waals surface area contributed by atoms with Crippen LogP contribution in [0.1, 0.15) is 25.5 Å². The molecule has 0 aromatic heterocycles. The van der Waals surface area contributed by atoms with Crippen LogP contribution in [0.25, 0.3) is 0 Å². The van der Waals surface area contributed by atoms with Gasteiger partial charge in [-0.3, -0.25) is 0 Å². The minimum atomic E-state index is -0.516. The second kappa shape index (κ2) is 7.36. The summed E-state index contributed by atoms with van der Waals surface area (Å²) in [5.74, 6) is 0. The van der Waals surface area contributed by atoms with E-state index >= 15 is 0 Å². The maximum atomic E-state index is 10.1. The number of nitrogens with two attached hydrogens (primary N) is 1. The van der Waals surface area contributed by atoms with Crippen molar-refractivity contribution in [1.29, 1.82) is 0 Å². The Morgan fingerprint density at radius 2 is 2.11 bits per heavy atom. The monoisotopic (exact) mass is 252 g/mol. The van der Waals surface area contributed by atoms with Gasteiger partial charge in [-0.25, -0.2) is 0 Å². The van der Waals surface area contributed by atoms with Crippen molar-refractivity contribution in [3.63, 3.8) is 0 Å². The Kier molecular flexibility index (Phi) is 6.12. The van der Waals surface area contributed by atoms with E-state index in [4.69, 9.17) is 10.5 Å². The Balaban J connectivity index is 2.37. The molecule has 0 fully saturated rings. The summed E-state index contributed by atoms with van der Waals surface area (Å²) in [6.45, 7) is 6.09. The van der Waals surface area contributed by atoms with Gasteiger partial charge < -0.3 is 20.5 Å². The van der Waals surface area contributed by atoms with Crippen molar-refractivity contribution < 1.29 is 9.84 Å². The van der Waals surface area contributed by atoms with E-state index in [2.05, 4.69) is 4.90 Å². The number of nitrogens with zero attached hydrogens (tertiary/aromatic N) is 1. The van der Waals surface area contributed by atoms with Gasteiger partial charge in [0.25, 0.3) is 0 Å². The van der Waals surface area contributed by atoms with E-state index in [9.17, 15) is 5.11 Å². The van der Waals surface area contributed by atoms with Gasteiger partial charge in [0.05, 0.1) is 18.8 Å². The van der Waals surface area contributed by atoms with Crippen LogP contribution in [0.15, 0.2) is 24.3 Å². The molecule has 0 heterocycles. The zero-order valence-electron chi connectivity index (χ0n) is 11.5. The molecular formula is C14H24N2O2. The molecule has 1 aromatic carbocycles. The highest BCUT2D eigenvalue weighted by atomic mass is 16.5. The summed E-state index contributed by atoms with van der Waals surface area (Å²) in [4.78, 5) is 2.05. The van der Waals surface area contributed by atoms with Gasteiger partial charge in [0.1, 0.15) is 0 Å².